The maximum Gasteiger partial charge on any atom is 0.243 e. The van der Waals surface area contributed by atoms with Gasteiger partial charge in [0.2, 0.25) is 5.91 Å². The van der Waals surface area contributed by atoms with Gasteiger partial charge in [-0.3, -0.25) is 4.79 Å². The molecule has 0 bridgehead atoms. The van der Waals surface area contributed by atoms with Gasteiger partial charge in [-0.25, -0.2) is 0 Å². The zero-order valence-electron chi connectivity index (χ0n) is 12.0. The first-order chi connectivity index (χ1) is 10.6. The molecule has 1 amide bonds. The van der Waals surface area contributed by atoms with E-state index in [1.807, 2.05) is 19.1 Å². The van der Waals surface area contributed by atoms with E-state index in [1.165, 1.54) is 0 Å². The van der Waals surface area contributed by atoms with E-state index in [9.17, 15) is 4.79 Å². The van der Waals surface area contributed by atoms with Crippen LogP contribution in [0.2, 0.25) is 10.0 Å². The van der Waals surface area contributed by atoms with Crippen molar-refractivity contribution in [1.82, 2.24) is 0 Å². The summed E-state index contributed by atoms with van der Waals surface area (Å²) in [5.74, 6) is 0.553. The molecule has 4 nitrogen and oxygen atoms in total. The molecule has 2 aromatic carbocycles. The molecular formula is C16H16Cl2N2O2. The molecule has 6 heteroatoms. The van der Waals surface area contributed by atoms with Crippen LogP contribution in [-0.4, -0.2) is 19.1 Å². The summed E-state index contributed by atoms with van der Waals surface area (Å²) in [7, 11) is 0. The molecule has 0 fully saturated rings. The second kappa shape index (κ2) is 7.92. The van der Waals surface area contributed by atoms with Crippen LogP contribution in [0.5, 0.6) is 5.75 Å². The minimum Gasteiger partial charge on any atom is -0.494 e. The maximum atomic E-state index is 11.9. The molecule has 0 aromatic heterocycles. The van der Waals surface area contributed by atoms with Crippen molar-refractivity contribution in [2.24, 2.45) is 0 Å². The smallest absolute Gasteiger partial charge is 0.243 e. The van der Waals surface area contributed by atoms with E-state index < -0.39 is 0 Å². The summed E-state index contributed by atoms with van der Waals surface area (Å²) >= 11 is 11.8. The SMILES string of the molecule is CCOc1cccc(NC(=O)CNc2ccc(Cl)c(Cl)c2)c1. The standard InChI is InChI=1S/C16H16Cl2N2O2/c1-2-22-13-5-3-4-12(8-13)20-16(21)10-19-11-6-7-14(17)15(18)9-11/h3-9,19H,2,10H2,1H3,(H,20,21). The summed E-state index contributed by atoms with van der Waals surface area (Å²) in [5.41, 5.74) is 1.42. The van der Waals surface area contributed by atoms with Crippen molar-refractivity contribution < 1.29 is 9.53 Å². The molecule has 2 aromatic rings. The lowest BCUT2D eigenvalue weighted by molar-refractivity contribution is -0.114. The third-order valence-electron chi connectivity index (χ3n) is 2.80. The topological polar surface area (TPSA) is 50.4 Å². The minimum atomic E-state index is -0.167. The average Bonchev–Trinajstić information content (AvgIpc) is 2.49. The van der Waals surface area contributed by atoms with Gasteiger partial charge in [0.25, 0.3) is 0 Å². The highest BCUT2D eigenvalue weighted by molar-refractivity contribution is 6.42. The summed E-state index contributed by atoms with van der Waals surface area (Å²) in [4.78, 5) is 11.9. The van der Waals surface area contributed by atoms with E-state index in [0.29, 0.717) is 22.3 Å². The maximum absolute atomic E-state index is 11.9. The Morgan fingerprint density at radius 3 is 2.64 bits per heavy atom. The molecule has 0 saturated heterocycles. The first kappa shape index (κ1) is 16.5. The quantitative estimate of drug-likeness (QED) is 0.818. The van der Waals surface area contributed by atoms with Gasteiger partial charge in [-0.05, 0) is 37.3 Å². The summed E-state index contributed by atoms with van der Waals surface area (Å²) in [6, 6.07) is 12.4. The number of hydrogen-bond acceptors (Lipinski definition) is 3. The Kier molecular flexibility index (Phi) is 5.92. The molecule has 116 valence electrons. The van der Waals surface area contributed by atoms with Gasteiger partial charge in [0.05, 0.1) is 23.2 Å². The first-order valence-electron chi connectivity index (χ1n) is 6.80. The number of carbonyl (C=O) groups excluding carboxylic acids is 1. The molecule has 0 heterocycles. The fourth-order valence-corrected chi connectivity index (χ4v) is 2.12. The largest absolute Gasteiger partial charge is 0.494 e. The van der Waals surface area contributed by atoms with Gasteiger partial charge in [0.15, 0.2) is 0 Å². The van der Waals surface area contributed by atoms with Crippen molar-refractivity contribution >= 4 is 40.5 Å². The van der Waals surface area contributed by atoms with E-state index in [1.54, 1.807) is 30.3 Å². The molecule has 0 spiro atoms. The number of ether oxygens (including phenoxy) is 1. The molecular weight excluding hydrogens is 323 g/mol. The Balaban J connectivity index is 1.90. The van der Waals surface area contributed by atoms with Gasteiger partial charge in [-0.1, -0.05) is 29.3 Å². The number of carbonyl (C=O) groups is 1. The lowest BCUT2D eigenvalue weighted by Gasteiger charge is -2.10. The van der Waals surface area contributed by atoms with Crippen molar-refractivity contribution in [3.63, 3.8) is 0 Å². The van der Waals surface area contributed by atoms with Crippen LogP contribution >= 0.6 is 23.2 Å². The Bertz CT molecular complexity index is 662. The second-order valence-corrected chi connectivity index (χ2v) is 5.31. The predicted octanol–water partition coefficient (Wildman–Crippen LogP) is 4.44. The Hall–Kier alpha value is -1.91. The van der Waals surface area contributed by atoms with Crippen LogP contribution in [0.25, 0.3) is 0 Å². The van der Waals surface area contributed by atoms with E-state index >= 15 is 0 Å². The number of rotatable bonds is 6. The van der Waals surface area contributed by atoms with Gasteiger partial charge < -0.3 is 15.4 Å². The fraction of sp³-hybridized carbons (Fsp3) is 0.188. The Morgan fingerprint density at radius 2 is 1.91 bits per heavy atom. The molecule has 0 saturated carbocycles. The molecule has 0 aliphatic carbocycles. The van der Waals surface area contributed by atoms with Crippen molar-refractivity contribution in [2.45, 2.75) is 6.92 Å². The van der Waals surface area contributed by atoms with Crippen LogP contribution in [0.15, 0.2) is 42.5 Å². The highest BCUT2D eigenvalue weighted by Gasteiger charge is 2.05. The predicted molar refractivity (Wildman–Crippen MR) is 91.2 cm³/mol. The van der Waals surface area contributed by atoms with Crippen molar-refractivity contribution in [3.8, 4) is 5.75 Å². The van der Waals surface area contributed by atoms with Crippen LogP contribution in [0.3, 0.4) is 0 Å². The zero-order chi connectivity index (χ0) is 15.9. The van der Waals surface area contributed by atoms with E-state index in [2.05, 4.69) is 10.6 Å². The van der Waals surface area contributed by atoms with E-state index in [-0.39, 0.29) is 12.5 Å². The average molecular weight is 339 g/mol. The molecule has 0 unspecified atom stereocenters. The van der Waals surface area contributed by atoms with Gasteiger partial charge in [0, 0.05) is 17.4 Å². The number of halogens is 2. The van der Waals surface area contributed by atoms with Crippen LogP contribution < -0.4 is 15.4 Å². The van der Waals surface area contributed by atoms with Crippen LogP contribution in [0.4, 0.5) is 11.4 Å². The fourth-order valence-electron chi connectivity index (χ4n) is 1.82. The third-order valence-corrected chi connectivity index (χ3v) is 3.54. The molecule has 0 radical (unpaired) electrons. The monoisotopic (exact) mass is 338 g/mol. The Labute approximate surface area is 139 Å². The van der Waals surface area contributed by atoms with Gasteiger partial charge >= 0.3 is 0 Å². The normalized spacial score (nSPS) is 10.1. The van der Waals surface area contributed by atoms with Crippen LogP contribution in [0, 0.1) is 0 Å². The molecule has 0 aliphatic heterocycles. The lowest BCUT2D eigenvalue weighted by Crippen LogP contribution is -2.21. The van der Waals surface area contributed by atoms with Crippen LogP contribution in [-0.2, 0) is 4.79 Å². The highest BCUT2D eigenvalue weighted by Crippen LogP contribution is 2.24. The highest BCUT2D eigenvalue weighted by atomic mass is 35.5. The van der Waals surface area contributed by atoms with Gasteiger partial charge in [-0.2, -0.15) is 0 Å². The number of anilines is 2. The molecule has 0 aliphatic rings. The Morgan fingerprint density at radius 1 is 1.09 bits per heavy atom. The second-order valence-electron chi connectivity index (χ2n) is 4.49. The zero-order valence-corrected chi connectivity index (χ0v) is 13.5. The number of benzene rings is 2. The van der Waals surface area contributed by atoms with Crippen LogP contribution in [0.1, 0.15) is 6.92 Å². The number of amides is 1. The summed E-state index contributed by atoms with van der Waals surface area (Å²) < 4.78 is 5.39. The van der Waals surface area contributed by atoms with E-state index in [4.69, 9.17) is 27.9 Å². The lowest BCUT2D eigenvalue weighted by atomic mass is 10.3. The van der Waals surface area contributed by atoms with Crippen molar-refractivity contribution in [2.75, 3.05) is 23.8 Å². The molecule has 2 rings (SSSR count). The van der Waals surface area contributed by atoms with Gasteiger partial charge in [-0.15, -0.1) is 0 Å². The van der Waals surface area contributed by atoms with Crippen molar-refractivity contribution in [3.05, 3.63) is 52.5 Å². The summed E-state index contributed by atoms with van der Waals surface area (Å²) in [6.07, 6.45) is 0. The number of nitrogens with one attached hydrogen (secondary N) is 2. The first-order valence-corrected chi connectivity index (χ1v) is 7.55. The molecule has 0 atom stereocenters. The summed E-state index contributed by atoms with van der Waals surface area (Å²) in [5, 5.41) is 6.70. The molecule has 2 N–H and O–H groups in total. The third kappa shape index (κ3) is 4.83. The number of hydrogen-bond donors (Lipinski definition) is 2. The van der Waals surface area contributed by atoms with E-state index in [0.717, 1.165) is 11.4 Å². The minimum absolute atomic E-state index is 0.122. The van der Waals surface area contributed by atoms with Gasteiger partial charge in [0.1, 0.15) is 5.75 Å². The molecule has 22 heavy (non-hydrogen) atoms. The summed E-state index contributed by atoms with van der Waals surface area (Å²) in [6.45, 7) is 2.61. The van der Waals surface area contributed by atoms with Crippen molar-refractivity contribution in [1.29, 1.82) is 0 Å².